The Morgan fingerprint density at radius 3 is 2.78 bits per heavy atom. The molecule has 0 aliphatic rings. The Kier molecular flexibility index (Phi) is 3.43. The second-order valence-corrected chi connectivity index (χ2v) is 4.15. The molecule has 0 radical (unpaired) electrons. The predicted octanol–water partition coefficient (Wildman–Crippen LogP) is 2.27. The predicted molar refractivity (Wildman–Crippen MR) is 70.6 cm³/mol. The van der Waals surface area contributed by atoms with E-state index in [4.69, 9.17) is 17.3 Å². The van der Waals surface area contributed by atoms with Gasteiger partial charge in [0.25, 0.3) is 5.91 Å². The molecule has 0 bridgehead atoms. The number of carbonyl (C=O) groups excluding carboxylic acids is 1. The van der Waals surface area contributed by atoms with Gasteiger partial charge in [0.15, 0.2) is 0 Å². The summed E-state index contributed by atoms with van der Waals surface area (Å²) in [4.78, 5) is 20.0. The number of nitrogen functional groups attached to an aromatic ring is 1. The third-order valence-corrected chi connectivity index (χ3v) is 2.55. The molecular weight excluding hydrogens is 252 g/mol. The summed E-state index contributed by atoms with van der Waals surface area (Å²) in [6.07, 6.45) is 2.97. The van der Waals surface area contributed by atoms with Crippen LogP contribution in [0.25, 0.3) is 0 Å². The molecule has 0 saturated carbocycles. The smallest absolute Gasteiger partial charge is 0.258 e. The van der Waals surface area contributed by atoms with Gasteiger partial charge in [-0.25, -0.2) is 4.98 Å². The van der Waals surface area contributed by atoms with Gasteiger partial charge >= 0.3 is 0 Å². The summed E-state index contributed by atoms with van der Waals surface area (Å²) in [6.45, 7) is 1.74. The van der Waals surface area contributed by atoms with E-state index < -0.39 is 0 Å². The first-order valence-corrected chi connectivity index (χ1v) is 5.59. The molecule has 2 rings (SSSR count). The highest BCUT2D eigenvalue weighted by Crippen LogP contribution is 2.13. The summed E-state index contributed by atoms with van der Waals surface area (Å²) in [5.74, 6) is 0.119. The number of aryl methyl sites for hydroxylation is 1. The quantitative estimate of drug-likeness (QED) is 0.870. The molecule has 0 unspecified atom stereocenters. The number of pyridine rings is 2. The first-order chi connectivity index (χ1) is 8.56. The fraction of sp³-hybridized carbons (Fsp3) is 0.0833. The minimum Gasteiger partial charge on any atom is -0.397 e. The number of amides is 1. The number of carbonyl (C=O) groups is 1. The second kappa shape index (κ2) is 5.01. The van der Waals surface area contributed by atoms with Crippen LogP contribution in [0.4, 0.5) is 11.5 Å². The van der Waals surface area contributed by atoms with Gasteiger partial charge in [-0.3, -0.25) is 9.78 Å². The number of rotatable bonds is 2. The maximum atomic E-state index is 12.0. The van der Waals surface area contributed by atoms with Crippen molar-refractivity contribution in [1.29, 1.82) is 0 Å². The van der Waals surface area contributed by atoms with Gasteiger partial charge in [-0.2, -0.15) is 0 Å². The standard InChI is InChI=1S/C12H11ClN4O/c1-7-10(4-9(14)6-15-7)12(18)17-11-3-2-8(13)5-16-11/h2-6H,14H2,1H3,(H,16,17,18). The van der Waals surface area contributed by atoms with Crippen molar-refractivity contribution in [3.8, 4) is 0 Å². The Morgan fingerprint density at radius 1 is 1.33 bits per heavy atom. The van der Waals surface area contributed by atoms with Crippen LogP contribution in [0.1, 0.15) is 16.1 Å². The Morgan fingerprint density at radius 2 is 2.11 bits per heavy atom. The van der Waals surface area contributed by atoms with Crippen LogP contribution in [0.15, 0.2) is 30.6 Å². The lowest BCUT2D eigenvalue weighted by molar-refractivity contribution is 0.102. The van der Waals surface area contributed by atoms with E-state index >= 15 is 0 Å². The number of hydrogen-bond donors (Lipinski definition) is 2. The number of anilines is 2. The third-order valence-electron chi connectivity index (χ3n) is 2.32. The SMILES string of the molecule is Cc1ncc(N)cc1C(=O)Nc1ccc(Cl)cn1. The van der Waals surface area contributed by atoms with Crippen LogP contribution in [0.3, 0.4) is 0 Å². The molecule has 2 aromatic rings. The van der Waals surface area contributed by atoms with E-state index in [0.29, 0.717) is 27.8 Å². The van der Waals surface area contributed by atoms with Crippen molar-refractivity contribution in [1.82, 2.24) is 9.97 Å². The summed E-state index contributed by atoms with van der Waals surface area (Å²) >= 11 is 5.71. The zero-order chi connectivity index (χ0) is 13.1. The van der Waals surface area contributed by atoms with Crippen LogP contribution in [0.5, 0.6) is 0 Å². The zero-order valence-electron chi connectivity index (χ0n) is 9.64. The molecule has 2 aromatic heterocycles. The second-order valence-electron chi connectivity index (χ2n) is 3.72. The molecule has 0 aliphatic heterocycles. The highest BCUT2D eigenvalue weighted by molar-refractivity contribution is 6.30. The van der Waals surface area contributed by atoms with E-state index in [9.17, 15) is 4.79 Å². The van der Waals surface area contributed by atoms with E-state index in [1.165, 1.54) is 12.4 Å². The van der Waals surface area contributed by atoms with Gasteiger partial charge in [-0.05, 0) is 25.1 Å². The summed E-state index contributed by atoms with van der Waals surface area (Å²) < 4.78 is 0. The molecule has 3 N–H and O–H groups in total. The molecule has 0 aromatic carbocycles. The monoisotopic (exact) mass is 262 g/mol. The van der Waals surface area contributed by atoms with Crippen LogP contribution in [0, 0.1) is 6.92 Å². The van der Waals surface area contributed by atoms with E-state index in [1.807, 2.05) is 0 Å². The number of halogens is 1. The van der Waals surface area contributed by atoms with Crippen molar-refractivity contribution in [2.45, 2.75) is 6.92 Å². The maximum Gasteiger partial charge on any atom is 0.258 e. The molecule has 5 nitrogen and oxygen atoms in total. The van der Waals surface area contributed by atoms with Crippen LogP contribution in [0.2, 0.25) is 5.02 Å². The van der Waals surface area contributed by atoms with Crippen molar-refractivity contribution >= 4 is 29.0 Å². The molecule has 1 amide bonds. The molecule has 0 fully saturated rings. The van der Waals surface area contributed by atoms with Crippen LogP contribution < -0.4 is 11.1 Å². The number of nitrogens with one attached hydrogen (secondary N) is 1. The lowest BCUT2D eigenvalue weighted by atomic mass is 10.2. The van der Waals surface area contributed by atoms with Crippen molar-refractivity contribution in [3.63, 3.8) is 0 Å². The van der Waals surface area contributed by atoms with Crippen molar-refractivity contribution in [2.75, 3.05) is 11.1 Å². The third kappa shape index (κ3) is 2.75. The van der Waals surface area contributed by atoms with Crippen molar-refractivity contribution in [3.05, 3.63) is 46.9 Å². The number of aromatic nitrogens is 2. The molecule has 0 saturated heterocycles. The normalized spacial score (nSPS) is 10.1. The number of hydrogen-bond acceptors (Lipinski definition) is 4. The molecule has 2 heterocycles. The minimum atomic E-state index is -0.304. The summed E-state index contributed by atoms with van der Waals surface area (Å²) in [6, 6.07) is 4.84. The van der Waals surface area contributed by atoms with Gasteiger partial charge < -0.3 is 11.1 Å². The molecule has 0 spiro atoms. The molecule has 18 heavy (non-hydrogen) atoms. The number of nitrogens with two attached hydrogens (primary N) is 1. The van der Waals surface area contributed by atoms with Gasteiger partial charge in [0.1, 0.15) is 5.82 Å². The van der Waals surface area contributed by atoms with E-state index in [1.54, 1.807) is 25.1 Å². The Bertz CT molecular complexity index is 583. The molecule has 0 aliphatic carbocycles. The topological polar surface area (TPSA) is 80.9 Å². The van der Waals surface area contributed by atoms with Gasteiger partial charge in [-0.15, -0.1) is 0 Å². The average Bonchev–Trinajstić information content (AvgIpc) is 2.35. The van der Waals surface area contributed by atoms with Gasteiger partial charge in [0.2, 0.25) is 0 Å². The van der Waals surface area contributed by atoms with Crippen molar-refractivity contribution in [2.24, 2.45) is 0 Å². The van der Waals surface area contributed by atoms with E-state index in [2.05, 4.69) is 15.3 Å². The van der Waals surface area contributed by atoms with Crippen LogP contribution >= 0.6 is 11.6 Å². The highest BCUT2D eigenvalue weighted by atomic mass is 35.5. The maximum absolute atomic E-state index is 12.0. The van der Waals surface area contributed by atoms with E-state index in [-0.39, 0.29) is 5.91 Å². The van der Waals surface area contributed by atoms with Crippen LogP contribution in [-0.2, 0) is 0 Å². The molecular formula is C12H11ClN4O. The van der Waals surface area contributed by atoms with Gasteiger partial charge in [0.05, 0.1) is 28.2 Å². The number of nitrogens with zero attached hydrogens (tertiary/aromatic N) is 2. The average molecular weight is 263 g/mol. The Balaban J connectivity index is 2.21. The summed E-state index contributed by atoms with van der Waals surface area (Å²) in [7, 11) is 0. The van der Waals surface area contributed by atoms with Gasteiger partial charge in [0, 0.05) is 6.20 Å². The molecule has 0 atom stereocenters. The van der Waals surface area contributed by atoms with Gasteiger partial charge in [-0.1, -0.05) is 11.6 Å². The Labute approximate surface area is 109 Å². The largest absolute Gasteiger partial charge is 0.397 e. The van der Waals surface area contributed by atoms with Crippen LogP contribution in [-0.4, -0.2) is 15.9 Å². The van der Waals surface area contributed by atoms with E-state index in [0.717, 1.165) is 0 Å². The summed E-state index contributed by atoms with van der Waals surface area (Å²) in [5, 5.41) is 3.16. The first kappa shape index (κ1) is 12.3. The molecule has 6 heteroatoms. The Hall–Kier alpha value is -2.14. The minimum absolute atomic E-state index is 0.304. The lowest BCUT2D eigenvalue weighted by Gasteiger charge is -2.07. The fourth-order valence-corrected chi connectivity index (χ4v) is 1.52. The fourth-order valence-electron chi connectivity index (χ4n) is 1.41. The van der Waals surface area contributed by atoms with Crippen molar-refractivity contribution < 1.29 is 4.79 Å². The zero-order valence-corrected chi connectivity index (χ0v) is 10.4. The highest BCUT2D eigenvalue weighted by Gasteiger charge is 2.11. The molecule has 92 valence electrons. The lowest BCUT2D eigenvalue weighted by Crippen LogP contribution is -2.15. The summed E-state index contributed by atoms with van der Waals surface area (Å²) in [5.41, 5.74) is 7.07. The first-order valence-electron chi connectivity index (χ1n) is 5.21.